The van der Waals surface area contributed by atoms with Gasteiger partial charge in [-0.05, 0) is 43.9 Å². The molecule has 1 spiro atoms. The third kappa shape index (κ3) is 2.53. The first-order chi connectivity index (χ1) is 10.1. The Bertz CT molecular complexity index is 404. The second-order valence-corrected chi connectivity index (χ2v) is 7.69. The predicted octanol–water partition coefficient (Wildman–Crippen LogP) is 4.04. The van der Waals surface area contributed by atoms with E-state index in [0.29, 0.717) is 0 Å². The average Bonchev–Trinajstić information content (AvgIpc) is 2.88. The summed E-state index contributed by atoms with van der Waals surface area (Å²) in [5, 5.41) is 0. The number of rotatable bonds is 3. The molecule has 0 aromatic rings. The molecule has 0 unspecified atom stereocenters. The predicted molar refractivity (Wildman–Crippen MR) is 80.8 cm³/mol. The SMILES string of the molecule is COC(=O)C1(C(=O)C2CCCC2)CC2(CCCCCC2)C1. The Balaban J connectivity index is 1.77. The van der Waals surface area contributed by atoms with Crippen LogP contribution < -0.4 is 0 Å². The normalized spacial score (nSPS) is 27.9. The van der Waals surface area contributed by atoms with E-state index in [1.54, 1.807) is 0 Å². The molecule has 0 aromatic carbocycles. The fraction of sp³-hybridized carbons (Fsp3) is 0.889. The van der Waals surface area contributed by atoms with Gasteiger partial charge in [0.05, 0.1) is 7.11 Å². The number of carbonyl (C=O) groups is 2. The van der Waals surface area contributed by atoms with Crippen LogP contribution in [0.5, 0.6) is 0 Å². The molecule has 3 nitrogen and oxygen atoms in total. The van der Waals surface area contributed by atoms with Gasteiger partial charge in [0, 0.05) is 5.92 Å². The minimum absolute atomic E-state index is 0.118. The van der Waals surface area contributed by atoms with E-state index in [0.717, 1.165) is 38.5 Å². The lowest BCUT2D eigenvalue weighted by Crippen LogP contribution is -2.57. The summed E-state index contributed by atoms with van der Waals surface area (Å²) in [7, 11) is 1.43. The molecule has 3 fully saturated rings. The maximum atomic E-state index is 13.0. The molecule has 0 atom stereocenters. The van der Waals surface area contributed by atoms with Crippen molar-refractivity contribution in [2.24, 2.45) is 16.7 Å². The second-order valence-electron chi connectivity index (χ2n) is 7.69. The van der Waals surface area contributed by atoms with Crippen molar-refractivity contribution >= 4 is 11.8 Å². The number of ether oxygens (including phenoxy) is 1. The Kier molecular flexibility index (Phi) is 4.11. The molecule has 0 radical (unpaired) electrons. The number of hydrogen-bond donors (Lipinski definition) is 0. The van der Waals surface area contributed by atoms with Gasteiger partial charge in [0.15, 0.2) is 5.78 Å². The minimum atomic E-state index is -0.784. The van der Waals surface area contributed by atoms with E-state index >= 15 is 0 Å². The zero-order valence-electron chi connectivity index (χ0n) is 13.3. The van der Waals surface area contributed by atoms with Gasteiger partial charge in [-0.25, -0.2) is 0 Å². The first kappa shape index (κ1) is 15.1. The zero-order chi connectivity index (χ0) is 14.9. The summed E-state index contributed by atoms with van der Waals surface area (Å²) < 4.78 is 5.04. The summed E-state index contributed by atoms with van der Waals surface area (Å²) in [6.07, 6.45) is 13.3. The third-order valence-corrected chi connectivity index (χ3v) is 6.29. The Morgan fingerprint density at radius 3 is 2.00 bits per heavy atom. The average molecular weight is 292 g/mol. The number of carbonyl (C=O) groups excluding carboxylic acids is 2. The second kappa shape index (κ2) is 5.73. The molecule has 0 amide bonds. The molecule has 0 N–H and O–H groups in total. The van der Waals surface area contributed by atoms with Crippen molar-refractivity contribution in [2.45, 2.75) is 77.0 Å². The number of methoxy groups -OCH3 is 1. The van der Waals surface area contributed by atoms with Gasteiger partial charge in [0.2, 0.25) is 0 Å². The van der Waals surface area contributed by atoms with Crippen molar-refractivity contribution in [3.63, 3.8) is 0 Å². The molecule has 0 aliphatic heterocycles. The number of Topliss-reactive ketones (excluding diaryl/α,β-unsaturated/α-hetero) is 1. The van der Waals surface area contributed by atoms with Crippen molar-refractivity contribution in [3.05, 3.63) is 0 Å². The monoisotopic (exact) mass is 292 g/mol. The van der Waals surface area contributed by atoms with E-state index in [1.165, 1.54) is 45.6 Å². The Labute approximate surface area is 127 Å². The number of esters is 1. The highest BCUT2D eigenvalue weighted by Gasteiger charge is 2.63. The van der Waals surface area contributed by atoms with Crippen LogP contribution in [-0.2, 0) is 14.3 Å². The quantitative estimate of drug-likeness (QED) is 0.582. The molecule has 3 aliphatic carbocycles. The molecule has 21 heavy (non-hydrogen) atoms. The summed E-state index contributed by atoms with van der Waals surface area (Å²) in [6.45, 7) is 0. The standard InChI is InChI=1S/C18H28O3/c1-21-16(20)18(15(19)14-8-4-5-9-14)12-17(13-18)10-6-2-3-7-11-17/h14H,2-13H2,1H3. The Morgan fingerprint density at radius 1 is 0.905 bits per heavy atom. The van der Waals surface area contributed by atoms with Crippen LogP contribution >= 0.6 is 0 Å². The van der Waals surface area contributed by atoms with Gasteiger partial charge in [-0.1, -0.05) is 38.5 Å². The van der Waals surface area contributed by atoms with Crippen molar-refractivity contribution in [3.8, 4) is 0 Å². The van der Waals surface area contributed by atoms with E-state index in [-0.39, 0.29) is 23.1 Å². The van der Waals surface area contributed by atoms with Crippen LogP contribution in [0.25, 0.3) is 0 Å². The smallest absolute Gasteiger partial charge is 0.319 e. The molecule has 0 heterocycles. The van der Waals surface area contributed by atoms with Crippen LogP contribution in [0.4, 0.5) is 0 Å². The summed E-state index contributed by atoms with van der Waals surface area (Å²) in [4.78, 5) is 25.3. The van der Waals surface area contributed by atoms with Crippen molar-refractivity contribution in [1.82, 2.24) is 0 Å². The zero-order valence-corrected chi connectivity index (χ0v) is 13.3. The molecule has 0 aromatic heterocycles. The minimum Gasteiger partial charge on any atom is -0.468 e. The molecule has 0 bridgehead atoms. The molecule has 3 rings (SSSR count). The van der Waals surface area contributed by atoms with E-state index in [4.69, 9.17) is 4.74 Å². The van der Waals surface area contributed by atoms with Crippen molar-refractivity contribution in [2.75, 3.05) is 7.11 Å². The molecular formula is C18H28O3. The molecule has 0 saturated heterocycles. The lowest BCUT2D eigenvalue weighted by molar-refractivity contribution is -0.178. The molecule has 3 aliphatic rings. The van der Waals surface area contributed by atoms with Gasteiger partial charge < -0.3 is 4.74 Å². The first-order valence-electron chi connectivity index (χ1n) is 8.75. The van der Waals surface area contributed by atoms with Crippen molar-refractivity contribution in [1.29, 1.82) is 0 Å². The highest BCUT2D eigenvalue weighted by Crippen LogP contribution is 2.62. The van der Waals surface area contributed by atoms with Crippen LogP contribution in [0.3, 0.4) is 0 Å². The van der Waals surface area contributed by atoms with Gasteiger partial charge in [0.25, 0.3) is 0 Å². The fourth-order valence-electron chi connectivity index (χ4n) is 5.25. The highest BCUT2D eigenvalue weighted by atomic mass is 16.5. The van der Waals surface area contributed by atoms with Crippen LogP contribution in [-0.4, -0.2) is 18.9 Å². The van der Waals surface area contributed by atoms with Gasteiger partial charge >= 0.3 is 5.97 Å². The highest BCUT2D eigenvalue weighted by molar-refractivity contribution is 6.06. The third-order valence-electron chi connectivity index (χ3n) is 6.29. The van der Waals surface area contributed by atoms with E-state index in [1.807, 2.05) is 0 Å². The van der Waals surface area contributed by atoms with Gasteiger partial charge in [-0.15, -0.1) is 0 Å². The Hall–Kier alpha value is -0.860. The van der Waals surface area contributed by atoms with Gasteiger partial charge in [0.1, 0.15) is 5.41 Å². The van der Waals surface area contributed by atoms with E-state index in [2.05, 4.69) is 0 Å². The van der Waals surface area contributed by atoms with Crippen LogP contribution in [0.15, 0.2) is 0 Å². The van der Waals surface area contributed by atoms with Crippen LogP contribution in [0, 0.1) is 16.7 Å². The Morgan fingerprint density at radius 2 is 1.48 bits per heavy atom. The largest absolute Gasteiger partial charge is 0.468 e. The number of hydrogen-bond acceptors (Lipinski definition) is 3. The molecule has 118 valence electrons. The van der Waals surface area contributed by atoms with Crippen LogP contribution in [0.2, 0.25) is 0 Å². The first-order valence-corrected chi connectivity index (χ1v) is 8.75. The summed E-state index contributed by atoms with van der Waals surface area (Å²) in [6, 6.07) is 0. The topological polar surface area (TPSA) is 43.4 Å². The fourth-order valence-corrected chi connectivity index (χ4v) is 5.25. The summed E-state index contributed by atoms with van der Waals surface area (Å²) in [5.74, 6) is 0.0724. The van der Waals surface area contributed by atoms with E-state index < -0.39 is 5.41 Å². The molecule has 3 saturated carbocycles. The van der Waals surface area contributed by atoms with E-state index in [9.17, 15) is 9.59 Å². The van der Waals surface area contributed by atoms with Crippen LogP contribution in [0.1, 0.15) is 77.0 Å². The maximum Gasteiger partial charge on any atom is 0.319 e. The van der Waals surface area contributed by atoms with Gasteiger partial charge in [-0.3, -0.25) is 9.59 Å². The summed E-state index contributed by atoms with van der Waals surface area (Å²) in [5.41, 5.74) is -0.521. The number of ketones is 1. The molecule has 3 heteroatoms. The van der Waals surface area contributed by atoms with Crippen molar-refractivity contribution < 1.29 is 14.3 Å². The summed E-state index contributed by atoms with van der Waals surface area (Å²) >= 11 is 0. The molecular weight excluding hydrogens is 264 g/mol. The lowest BCUT2D eigenvalue weighted by Gasteiger charge is -2.54. The maximum absolute atomic E-state index is 13.0. The van der Waals surface area contributed by atoms with Gasteiger partial charge in [-0.2, -0.15) is 0 Å². The lowest BCUT2D eigenvalue weighted by atomic mass is 9.47.